The molecule has 0 saturated carbocycles. The molecule has 2 aromatic rings. The van der Waals surface area contributed by atoms with Crippen LogP contribution >= 0.6 is 12.4 Å². The van der Waals surface area contributed by atoms with Gasteiger partial charge in [-0.2, -0.15) is 18.3 Å². The number of carboxylic acid groups (broad SMARTS) is 1. The van der Waals surface area contributed by atoms with Crippen molar-refractivity contribution in [3.05, 3.63) is 47.4 Å². The number of alkyl halides is 3. The fourth-order valence-electron chi connectivity index (χ4n) is 2.00. The van der Waals surface area contributed by atoms with Gasteiger partial charge in [-0.15, -0.1) is 12.4 Å². The highest BCUT2D eigenvalue weighted by molar-refractivity contribution is 5.85. The molecule has 0 atom stereocenters. The van der Waals surface area contributed by atoms with Crippen molar-refractivity contribution in [2.75, 3.05) is 0 Å². The van der Waals surface area contributed by atoms with Gasteiger partial charge in [0.2, 0.25) is 0 Å². The van der Waals surface area contributed by atoms with E-state index in [1.165, 1.54) is 22.9 Å². The van der Waals surface area contributed by atoms with Crippen LogP contribution in [0.2, 0.25) is 0 Å². The van der Waals surface area contributed by atoms with Crippen LogP contribution in [0.1, 0.15) is 18.4 Å². The average Bonchev–Trinajstić information content (AvgIpc) is 2.48. The molecule has 0 unspecified atom stereocenters. The maximum absolute atomic E-state index is 12.6. The van der Waals surface area contributed by atoms with Crippen LogP contribution in [0.25, 0.3) is 11.3 Å². The molecule has 0 fully saturated rings. The van der Waals surface area contributed by atoms with Crippen molar-refractivity contribution in [1.82, 2.24) is 9.78 Å². The average molecular weight is 362 g/mol. The molecule has 2 rings (SSSR count). The summed E-state index contributed by atoms with van der Waals surface area (Å²) < 4.78 is 39.0. The lowest BCUT2D eigenvalue weighted by Crippen LogP contribution is -2.23. The second-order valence-electron chi connectivity index (χ2n) is 4.90. The molecule has 0 aliphatic rings. The predicted octanol–water partition coefficient (Wildman–Crippen LogP) is 3.33. The van der Waals surface area contributed by atoms with Crippen molar-refractivity contribution < 1.29 is 23.1 Å². The number of aliphatic carboxylic acids is 1. The lowest BCUT2D eigenvalue weighted by Gasteiger charge is -2.09. The molecule has 0 bridgehead atoms. The zero-order chi connectivity index (χ0) is 17.0. The quantitative estimate of drug-likeness (QED) is 0.857. The molecule has 1 heterocycles. The van der Waals surface area contributed by atoms with Crippen molar-refractivity contribution >= 4 is 18.4 Å². The van der Waals surface area contributed by atoms with Crippen LogP contribution in [0.3, 0.4) is 0 Å². The Morgan fingerprint density at radius 3 is 2.33 bits per heavy atom. The van der Waals surface area contributed by atoms with E-state index in [0.717, 1.165) is 12.1 Å². The number of benzene rings is 1. The molecule has 24 heavy (non-hydrogen) atoms. The standard InChI is InChI=1S/C15H14F3N3O2.ClH/c16-15(17,18)11-5-3-10(4-6-11)12-7-8-13(19)21(20-12)9-1-2-14(22)23;/h3-8,19H,1-2,9H2,(H,22,23);1H. The highest BCUT2D eigenvalue weighted by Gasteiger charge is 2.30. The Balaban J connectivity index is 0.00000288. The van der Waals surface area contributed by atoms with E-state index in [2.05, 4.69) is 5.10 Å². The van der Waals surface area contributed by atoms with Gasteiger partial charge in [0.1, 0.15) is 5.49 Å². The molecule has 9 heteroatoms. The summed E-state index contributed by atoms with van der Waals surface area (Å²) >= 11 is 0. The summed E-state index contributed by atoms with van der Waals surface area (Å²) in [5.41, 5.74) is 0.272. The number of hydrogen-bond acceptors (Lipinski definition) is 3. The summed E-state index contributed by atoms with van der Waals surface area (Å²) in [5.74, 6) is -0.934. The number of carboxylic acids is 1. The SMILES string of the molecule is Cl.N=c1ccc(-c2ccc(C(F)(F)F)cc2)nn1CCCC(=O)O. The fourth-order valence-corrected chi connectivity index (χ4v) is 2.00. The van der Waals surface area contributed by atoms with Gasteiger partial charge in [-0.25, -0.2) is 4.68 Å². The van der Waals surface area contributed by atoms with E-state index < -0.39 is 17.7 Å². The van der Waals surface area contributed by atoms with Crippen LogP contribution < -0.4 is 5.49 Å². The molecule has 2 N–H and O–H groups in total. The second-order valence-corrected chi connectivity index (χ2v) is 4.90. The summed E-state index contributed by atoms with van der Waals surface area (Å²) in [7, 11) is 0. The smallest absolute Gasteiger partial charge is 0.416 e. The largest absolute Gasteiger partial charge is 0.481 e. The third-order valence-electron chi connectivity index (χ3n) is 3.17. The highest BCUT2D eigenvalue weighted by Crippen LogP contribution is 2.30. The third kappa shape index (κ3) is 5.09. The minimum absolute atomic E-state index is 0. The Kier molecular flexibility index (Phi) is 6.53. The van der Waals surface area contributed by atoms with Gasteiger partial charge in [0.15, 0.2) is 0 Å². The van der Waals surface area contributed by atoms with Gasteiger partial charge in [-0.1, -0.05) is 12.1 Å². The van der Waals surface area contributed by atoms with Crippen LogP contribution in [0.4, 0.5) is 13.2 Å². The van der Waals surface area contributed by atoms with Crippen LogP contribution in [-0.4, -0.2) is 20.9 Å². The first-order chi connectivity index (χ1) is 10.8. The lowest BCUT2D eigenvalue weighted by molar-refractivity contribution is -0.138. The monoisotopic (exact) mass is 361 g/mol. The number of nitrogens with zero attached hydrogens (tertiary/aromatic N) is 2. The molecule has 0 amide bonds. The molecule has 0 saturated heterocycles. The van der Waals surface area contributed by atoms with Gasteiger partial charge < -0.3 is 5.11 Å². The van der Waals surface area contributed by atoms with Crippen molar-refractivity contribution in [1.29, 1.82) is 5.41 Å². The summed E-state index contributed by atoms with van der Waals surface area (Å²) in [4.78, 5) is 10.5. The molecule has 130 valence electrons. The molecular weight excluding hydrogens is 347 g/mol. The van der Waals surface area contributed by atoms with E-state index in [-0.39, 0.29) is 30.9 Å². The first-order valence-electron chi connectivity index (χ1n) is 6.79. The first-order valence-corrected chi connectivity index (χ1v) is 6.79. The molecule has 5 nitrogen and oxygen atoms in total. The van der Waals surface area contributed by atoms with Gasteiger partial charge in [-0.05, 0) is 30.7 Å². The Morgan fingerprint density at radius 2 is 1.79 bits per heavy atom. The van der Waals surface area contributed by atoms with E-state index in [1.807, 2.05) is 0 Å². The Labute approximate surface area is 141 Å². The lowest BCUT2D eigenvalue weighted by atomic mass is 10.1. The summed E-state index contributed by atoms with van der Waals surface area (Å²) in [6, 6.07) is 7.59. The normalized spacial score (nSPS) is 11.0. The van der Waals surface area contributed by atoms with Gasteiger partial charge in [0, 0.05) is 18.5 Å². The highest BCUT2D eigenvalue weighted by atomic mass is 35.5. The van der Waals surface area contributed by atoms with Gasteiger partial charge in [-0.3, -0.25) is 10.2 Å². The minimum atomic E-state index is -4.40. The van der Waals surface area contributed by atoms with Crippen LogP contribution in [0.15, 0.2) is 36.4 Å². The Morgan fingerprint density at radius 1 is 1.17 bits per heavy atom. The van der Waals surface area contributed by atoms with Gasteiger partial charge in [0.25, 0.3) is 0 Å². The molecular formula is C15H15ClF3N3O2. The zero-order valence-corrected chi connectivity index (χ0v) is 13.2. The maximum atomic E-state index is 12.6. The van der Waals surface area contributed by atoms with Crippen molar-refractivity contribution in [2.45, 2.75) is 25.6 Å². The molecule has 1 aromatic carbocycles. The summed E-state index contributed by atoms with van der Waals surface area (Å²) in [5, 5.41) is 20.5. The molecule has 0 aliphatic carbocycles. The van der Waals surface area contributed by atoms with Crippen molar-refractivity contribution in [3.8, 4) is 11.3 Å². The number of carbonyl (C=O) groups is 1. The topological polar surface area (TPSA) is 79.0 Å². The summed E-state index contributed by atoms with van der Waals surface area (Å²) in [6.45, 7) is 0.250. The van der Waals surface area contributed by atoms with Gasteiger partial charge >= 0.3 is 12.1 Å². The predicted molar refractivity (Wildman–Crippen MR) is 82.6 cm³/mol. The number of hydrogen-bond donors (Lipinski definition) is 2. The van der Waals surface area contributed by atoms with E-state index in [1.54, 1.807) is 6.07 Å². The number of halogens is 4. The van der Waals surface area contributed by atoms with Crippen molar-refractivity contribution in [3.63, 3.8) is 0 Å². The summed E-state index contributed by atoms with van der Waals surface area (Å²) in [6.07, 6.45) is -4.12. The number of nitrogens with one attached hydrogen (secondary N) is 1. The second kappa shape index (κ2) is 7.96. The number of aryl methyl sites for hydroxylation is 1. The Bertz CT molecular complexity index is 758. The van der Waals surface area contributed by atoms with E-state index in [9.17, 15) is 18.0 Å². The minimum Gasteiger partial charge on any atom is -0.481 e. The Hall–Kier alpha value is -2.35. The van der Waals surface area contributed by atoms with E-state index in [0.29, 0.717) is 17.7 Å². The first kappa shape index (κ1) is 19.7. The maximum Gasteiger partial charge on any atom is 0.416 e. The number of rotatable bonds is 5. The molecule has 0 aliphatic heterocycles. The van der Waals surface area contributed by atoms with Crippen LogP contribution in [0, 0.1) is 5.41 Å². The zero-order valence-electron chi connectivity index (χ0n) is 12.4. The van der Waals surface area contributed by atoms with Gasteiger partial charge in [0.05, 0.1) is 11.3 Å². The fraction of sp³-hybridized carbons (Fsp3) is 0.267. The van der Waals surface area contributed by atoms with Crippen LogP contribution in [0.5, 0.6) is 0 Å². The number of aromatic nitrogens is 2. The van der Waals surface area contributed by atoms with Crippen molar-refractivity contribution in [2.24, 2.45) is 0 Å². The van der Waals surface area contributed by atoms with E-state index in [4.69, 9.17) is 10.5 Å². The molecule has 1 aromatic heterocycles. The molecule has 0 spiro atoms. The van der Waals surface area contributed by atoms with E-state index >= 15 is 0 Å². The third-order valence-corrected chi connectivity index (χ3v) is 3.17. The molecule has 0 radical (unpaired) electrons. The van der Waals surface area contributed by atoms with Crippen LogP contribution in [-0.2, 0) is 17.5 Å².